The van der Waals surface area contributed by atoms with E-state index in [4.69, 9.17) is 4.74 Å². The number of fused-ring (bicyclic) bond motifs is 1. The first-order valence-corrected chi connectivity index (χ1v) is 11.6. The van der Waals surface area contributed by atoms with Gasteiger partial charge >= 0.3 is 0 Å². The van der Waals surface area contributed by atoms with Crippen molar-refractivity contribution in [2.24, 2.45) is 14.1 Å². The monoisotopic (exact) mass is 499 g/mol. The van der Waals surface area contributed by atoms with E-state index in [2.05, 4.69) is 25.8 Å². The molecule has 0 aliphatic rings. The Bertz CT molecular complexity index is 1610. The third kappa shape index (κ3) is 4.99. The minimum absolute atomic E-state index is 0.133. The van der Waals surface area contributed by atoms with Crippen molar-refractivity contribution in [1.82, 2.24) is 29.9 Å². The Hall–Kier alpha value is -4.73. The number of carbonyl (C=O) groups is 1. The summed E-state index contributed by atoms with van der Waals surface area (Å²) in [5, 5.41) is 16.6. The fraction of sp³-hybridized carbons (Fsp3) is 0.185. The van der Waals surface area contributed by atoms with Crippen molar-refractivity contribution in [2.75, 3.05) is 12.4 Å². The molecule has 3 heterocycles. The van der Waals surface area contributed by atoms with Crippen molar-refractivity contribution in [3.05, 3.63) is 95.3 Å². The van der Waals surface area contributed by atoms with Gasteiger partial charge in [-0.3, -0.25) is 14.2 Å². The number of rotatable bonds is 7. The summed E-state index contributed by atoms with van der Waals surface area (Å²) in [6.07, 6.45) is 5.19. The van der Waals surface area contributed by atoms with E-state index in [-0.39, 0.29) is 11.7 Å². The van der Waals surface area contributed by atoms with Crippen molar-refractivity contribution in [2.45, 2.75) is 13.0 Å². The van der Waals surface area contributed by atoms with E-state index in [9.17, 15) is 9.18 Å². The zero-order chi connectivity index (χ0) is 26.1. The molecule has 0 saturated heterocycles. The number of methoxy groups -OCH3 is 1. The van der Waals surface area contributed by atoms with E-state index >= 15 is 0 Å². The molecule has 0 aliphatic carbocycles. The highest BCUT2D eigenvalue weighted by molar-refractivity contribution is 5.99. The number of nitrogens with one attached hydrogen (secondary N) is 2. The van der Waals surface area contributed by atoms with Crippen LogP contribution in [0.4, 0.5) is 16.0 Å². The fourth-order valence-electron chi connectivity index (χ4n) is 4.23. The Kier molecular flexibility index (Phi) is 6.31. The molecule has 1 atom stereocenters. The van der Waals surface area contributed by atoms with Gasteiger partial charge in [-0.1, -0.05) is 12.1 Å². The fourth-order valence-corrected chi connectivity index (χ4v) is 4.23. The number of hydrogen-bond acceptors (Lipinski definition) is 6. The molecule has 9 nitrogen and oxygen atoms in total. The number of ether oxygens (including phenoxy) is 1. The number of carbonyl (C=O) groups excluding carboxylic acids is 1. The molecule has 1 amide bonds. The van der Waals surface area contributed by atoms with Crippen molar-refractivity contribution >= 4 is 28.3 Å². The maximum Gasteiger partial charge on any atom is 0.252 e. The molecule has 0 unspecified atom stereocenters. The molecule has 0 saturated carbocycles. The largest absolute Gasteiger partial charge is 0.494 e. The van der Waals surface area contributed by atoms with Crippen LogP contribution in [0.5, 0.6) is 5.75 Å². The van der Waals surface area contributed by atoms with Gasteiger partial charge in [-0.05, 0) is 48.2 Å². The van der Waals surface area contributed by atoms with Gasteiger partial charge in [0.2, 0.25) is 0 Å². The molecular weight excluding hydrogens is 473 g/mol. The number of nitrogens with zero attached hydrogens (tertiary/aromatic N) is 5. The van der Waals surface area contributed by atoms with Crippen LogP contribution in [0, 0.1) is 12.7 Å². The minimum Gasteiger partial charge on any atom is -0.494 e. The molecule has 5 rings (SSSR count). The van der Waals surface area contributed by atoms with Gasteiger partial charge in [-0.2, -0.15) is 10.2 Å². The number of amides is 1. The zero-order valence-corrected chi connectivity index (χ0v) is 20.9. The summed E-state index contributed by atoms with van der Waals surface area (Å²) >= 11 is 0. The summed E-state index contributed by atoms with van der Waals surface area (Å²) in [5.41, 5.74) is 2.65. The lowest BCUT2D eigenvalue weighted by Crippen LogP contribution is -2.29. The Morgan fingerprint density at radius 3 is 2.54 bits per heavy atom. The van der Waals surface area contributed by atoms with Crippen LogP contribution in [-0.2, 0) is 14.1 Å². The van der Waals surface area contributed by atoms with Crippen LogP contribution in [-0.4, -0.2) is 37.6 Å². The minimum atomic E-state index is -0.611. The Morgan fingerprint density at radius 2 is 1.86 bits per heavy atom. The van der Waals surface area contributed by atoms with E-state index in [1.807, 2.05) is 32.2 Å². The third-order valence-electron chi connectivity index (χ3n) is 6.08. The molecule has 0 fully saturated rings. The van der Waals surface area contributed by atoms with Crippen molar-refractivity contribution in [3.8, 4) is 5.75 Å². The van der Waals surface area contributed by atoms with Gasteiger partial charge in [0, 0.05) is 49.1 Å². The first-order valence-electron chi connectivity index (χ1n) is 11.6. The lowest BCUT2D eigenvalue weighted by atomic mass is 10.00. The van der Waals surface area contributed by atoms with E-state index in [0.717, 1.165) is 27.8 Å². The Labute approximate surface area is 212 Å². The normalized spacial score (nSPS) is 11.9. The van der Waals surface area contributed by atoms with Crippen LogP contribution in [0.3, 0.4) is 0 Å². The molecule has 0 radical (unpaired) electrons. The van der Waals surface area contributed by atoms with Crippen LogP contribution in [0.2, 0.25) is 0 Å². The predicted molar refractivity (Wildman–Crippen MR) is 138 cm³/mol. The van der Waals surface area contributed by atoms with Crippen LogP contribution in [0.1, 0.15) is 33.2 Å². The molecule has 10 heteroatoms. The van der Waals surface area contributed by atoms with Gasteiger partial charge < -0.3 is 15.4 Å². The maximum absolute atomic E-state index is 14.5. The first kappa shape index (κ1) is 24.0. The number of anilines is 2. The summed E-state index contributed by atoms with van der Waals surface area (Å²) in [4.78, 5) is 17.9. The number of pyridine rings is 1. The number of benzene rings is 2. The van der Waals surface area contributed by atoms with Crippen molar-refractivity contribution in [3.63, 3.8) is 0 Å². The Balaban J connectivity index is 1.44. The molecule has 188 valence electrons. The van der Waals surface area contributed by atoms with Crippen LogP contribution < -0.4 is 15.4 Å². The van der Waals surface area contributed by atoms with E-state index in [1.54, 1.807) is 59.3 Å². The van der Waals surface area contributed by atoms with Gasteiger partial charge in [-0.25, -0.2) is 9.37 Å². The average molecular weight is 500 g/mol. The van der Waals surface area contributed by atoms with Crippen molar-refractivity contribution < 1.29 is 13.9 Å². The molecule has 0 aliphatic heterocycles. The third-order valence-corrected chi connectivity index (χ3v) is 6.08. The smallest absolute Gasteiger partial charge is 0.252 e. The topological polar surface area (TPSA) is 98.9 Å². The molecule has 37 heavy (non-hydrogen) atoms. The number of aryl methyl sites for hydroxylation is 3. The summed E-state index contributed by atoms with van der Waals surface area (Å²) in [6.45, 7) is 1.92. The van der Waals surface area contributed by atoms with Crippen LogP contribution in [0.25, 0.3) is 10.8 Å². The molecule has 2 N–H and O–H groups in total. The summed E-state index contributed by atoms with van der Waals surface area (Å²) in [7, 11) is 5.05. The van der Waals surface area contributed by atoms with Crippen LogP contribution >= 0.6 is 0 Å². The number of aromatic nitrogens is 5. The standard InChI is InChI=1S/C27H26FN7O2/c1-16-9-25(35(3)33-16)31-24-12-20-10-18(5-6-19(20)13-29-24)27(36)32-26(21-14-30-34(2)15-21)17-7-8-23(37-4)22(28)11-17/h5-15,26H,1-4H3,(H,29,31)(H,32,36)/t26-/m0/s1. The number of halogens is 1. The summed E-state index contributed by atoms with van der Waals surface area (Å²) in [5.74, 6) is 0.763. The number of hydrogen-bond donors (Lipinski definition) is 2. The summed E-state index contributed by atoms with van der Waals surface area (Å²) in [6, 6.07) is 13.2. The molecule has 3 aromatic heterocycles. The SMILES string of the molecule is COc1ccc([C@H](NC(=O)c2ccc3cnc(Nc4cc(C)nn4C)cc3c2)c2cnn(C)c2)cc1F. The van der Waals surface area contributed by atoms with Crippen LogP contribution in [0.15, 0.2) is 67.1 Å². The maximum atomic E-state index is 14.5. The van der Waals surface area contributed by atoms with Gasteiger partial charge in [-0.15, -0.1) is 0 Å². The molecular formula is C27H26FN7O2. The van der Waals surface area contributed by atoms with Gasteiger partial charge in [0.1, 0.15) is 11.6 Å². The molecule has 0 spiro atoms. The Morgan fingerprint density at radius 1 is 1.03 bits per heavy atom. The second kappa shape index (κ2) is 9.73. The highest BCUT2D eigenvalue weighted by Crippen LogP contribution is 2.27. The highest BCUT2D eigenvalue weighted by Gasteiger charge is 2.21. The van der Waals surface area contributed by atoms with Gasteiger partial charge in [0.05, 0.1) is 25.0 Å². The average Bonchev–Trinajstić information content (AvgIpc) is 3.45. The van der Waals surface area contributed by atoms with Gasteiger partial charge in [0.15, 0.2) is 11.6 Å². The lowest BCUT2D eigenvalue weighted by molar-refractivity contribution is 0.0943. The van der Waals surface area contributed by atoms with Crippen molar-refractivity contribution in [1.29, 1.82) is 0 Å². The molecule has 0 bridgehead atoms. The van der Waals surface area contributed by atoms with E-state index in [1.165, 1.54) is 13.2 Å². The molecule has 5 aromatic rings. The predicted octanol–water partition coefficient (Wildman–Crippen LogP) is 4.42. The zero-order valence-electron chi connectivity index (χ0n) is 20.9. The quantitative estimate of drug-likeness (QED) is 0.344. The van der Waals surface area contributed by atoms with E-state index < -0.39 is 11.9 Å². The second-order valence-electron chi connectivity index (χ2n) is 8.80. The second-order valence-corrected chi connectivity index (χ2v) is 8.80. The molecule has 2 aromatic carbocycles. The highest BCUT2D eigenvalue weighted by atomic mass is 19.1. The van der Waals surface area contributed by atoms with Gasteiger partial charge in [0.25, 0.3) is 5.91 Å². The first-order chi connectivity index (χ1) is 17.8. The van der Waals surface area contributed by atoms with E-state index in [0.29, 0.717) is 16.9 Å². The summed E-state index contributed by atoms with van der Waals surface area (Å²) < 4.78 is 22.9. The lowest BCUT2D eigenvalue weighted by Gasteiger charge is -2.19.